The number of nitrogens with one attached hydrogen (secondary N) is 2. The molecule has 1 aromatic heterocycles. The van der Waals surface area contributed by atoms with Gasteiger partial charge in [-0.3, -0.25) is 5.10 Å². The molecule has 5 heteroatoms. The summed E-state index contributed by atoms with van der Waals surface area (Å²) in [5.74, 6) is 0. The van der Waals surface area contributed by atoms with E-state index in [4.69, 9.17) is 4.74 Å². The Bertz CT molecular complexity index is 826. The second-order valence-electron chi connectivity index (χ2n) is 5.41. The predicted molar refractivity (Wildman–Crippen MR) is 97.7 cm³/mol. The molecule has 0 saturated carbocycles. The molecular formula is C20H19N3O2. The molecule has 25 heavy (non-hydrogen) atoms. The van der Waals surface area contributed by atoms with Crippen molar-refractivity contribution in [3.8, 4) is 11.3 Å². The summed E-state index contributed by atoms with van der Waals surface area (Å²) in [5, 5.41) is 9.78. The van der Waals surface area contributed by atoms with E-state index in [1.165, 1.54) is 0 Å². The second-order valence-corrected chi connectivity index (χ2v) is 5.41. The normalized spacial score (nSPS) is 10.7. The first kappa shape index (κ1) is 16.5. The third kappa shape index (κ3) is 4.81. The number of amides is 1. The Morgan fingerprint density at radius 1 is 1.08 bits per heavy atom. The minimum atomic E-state index is -0.441. The molecule has 0 saturated heterocycles. The highest BCUT2D eigenvalue weighted by molar-refractivity contribution is 5.72. The lowest BCUT2D eigenvalue weighted by atomic mass is 10.1. The van der Waals surface area contributed by atoms with E-state index in [0.717, 1.165) is 22.4 Å². The molecule has 0 unspecified atom stereocenters. The van der Waals surface area contributed by atoms with Crippen molar-refractivity contribution in [1.29, 1.82) is 0 Å². The number of alkyl carbamates (subject to hydrolysis) is 1. The number of hydrogen-bond acceptors (Lipinski definition) is 3. The van der Waals surface area contributed by atoms with Crippen LogP contribution in [-0.4, -0.2) is 22.8 Å². The van der Waals surface area contributed by atoms with Gasteiger partial charge in [0, 0.05) is 17.7 Å². The first-order chi connectivity index (χ1) is 12.3. The number of hydrogen-bond donors (Lipinski definition) is 2. The van der Waals surface area contributed by atoms with Crippen LogP contribution in [0.3, 0.4) is 0 Å². The highest BCUT2D eigenvalue weighted by Crippen LogP contribution is 2.21. The predicted octanol–water partition coefficient (Wildman–Crippen LogP) is 4.02. The Balaban J connectivity index is 1.48. The van der Waals surface area contributed by atoms with Gasteiger partial charge in [0.25, 0.3) is 0 Å². The van der Waals surface area contributed by atoms with Crippen LogP contribution in [0.15, 0.2) is 72.9 Å². The Morgan fingerprint density at radius 2 is 1.80 bits per heavy atom. The van der Waals surface area contributed by atoms with Gasteiger partial charge in [-0.2, -0.15) is 5.10 Å². The van der Waals surface area contributed by atoms with Gasteiger partial charge >= 0.3 is 6.09 Å². The number of aromatic amines is 1. The fourth-order valence-electron chi connectivity index (χ4n) is 2.36. The lowest BCUT2D eigenvalue weighted by Gasteiger charge is -2.05. The minimum Gasteiger partial charge on any atom is -0.445 e. The monoisotopic (exact) mass is 333 g/mol. The minimum absolute atomic E-state index is 0.260. The van der Waals surface area contributed by atoms with Gasteiger partial charge in [-0.15, -0.1) is 0 Å². The maximum atomic E-state index is 11.7. The number of aromatic nitrogens is 2. The molecule has 0 spiro atoms. The number of benzene rings is 2. The summed E-state index contributed by atoms with van der Waals surface area (Å²) in [6.45, 7) is 0.642. The van der Waals surface area contributed by atoms with E-state index in [1.807, 2.05) is 72.8 Å². The van der Waals surface area contributed by atoms with Crippen LogP contribution >= 0.6 is 0 Å². The standard InChI is InChI=1S/C20H19N3O2/c24-20(25-15-16-8-3-1-4-9-16)21-13-7-12-18-14-22-23-19(18)17-10-5-2-6-11-17/h1-12,14H,13,15H2,(H,21,24)(H,22,23). The van der Waals surface area contributed by atoms with Crippen molar-refractivity contribution < 1.29 is 9.53 Å². The van der Waals surface area contributed by atoms with Gasteiger partial charge in [-0.1, -0.05) is 72.8 Å². The summed E-state index contributed by atoms with van der Waals surface area (Å²) >= 11 is 0. The van der Waals surface area contributed by atoms with E-state index in [9.17, 15) is 4.79 Å². The van der Waals surface area contributed by atoms with E-state index in [2.05, 4.69) is 15.5 Å². The van der Waals surface area contributed by atoms with Crippen molar-refractivity contribution >= 4 is 12.2 Å². The molecule has 0 aliphatic carbocycles. The number of nitrogens with zero attached hydrogens (tertiary/aromatic N) is 1. The maximum Gasteiger partial charge on any atom is 0.407 e. The first-order valence-corrected chi connectivity index (χ1v) is 8.03. The van der Waals surface area contributed by atoms with Crippen LogP contribution in [0.25, 0.3) is 17.3 Å². The van der Waals surface area contributed by atoms with E-state index in [1.54, 1.807) is 6.20 Å². The van der Waals surface area contributed by atoms with Gasteiger partial charge in [-0.25, -0.2) is 4.79 Å². The zero-order chi connectivity index (χ0) is 17.3. The summed E-state index contributed by atoms with van der Waals surface area (Å²) in [4.78, 5) is 11.7. The summed E-state index contributed by atoms with van der Waals surface area (Å²) in [5.41, 5.74) is 3.93. The first-order valence-electron chi connectivity index (χ1n) is 8.03. The van der Waals surface area contributed by atoms with Crippen molar-refractivity contribution in [2.24, 2.45) is 0 Å². The van der Waals surface area contributed by atoms with Gasteiger partial charge in [0.15, 0.2) is 0 Å². The summed E-state index contributed by atoms with van der Waals surface area (Å²) in [6.07, 6.45) is 5.10. The molecule has 3 aromatic rings. The molecule has 0 bridgehead atoms. The van der Waals surface area contributed by atoms with Gasteiger partial charge in [-0.05, 0) is 5.56 Å². The third-order valence-corrected chi connectivity index (χ3v) is 3.61. The van der Waals surface area contributed by atoms with Crippen LogP contribution in [-0.2, 0) is 11.3 Å². The zero-order valence-corrected chi connectivity index (χ0v) is 13.7. The van der Waals surface area contributed by atoms with Crippen LogP contribution in [0.5, 0.6) is 0 Å². The molecule has 3 rings (SSSR count). The van der Waals surface area contributed by atoms with Crippen LogP contribution in [0.1, 0.15) is 11.1 Å². The van der Waals surface area contributed by atoms with E-state index < -0.39 is 6.09 Å². The molecule has 5 nitrogen and oxygen atoms in total. The number of carbonyl (C=O) groups excluding carboxylic acids is 1. The van der Waals surface area contributed by atoms with Crippen LogP contribution < -0.4 is 5.32 Å². The number of ether oxygens (including phenoxy) is 1. The van der Waals surface area contributed by atoms with Crippen molar-refractivity contribution in [2.75, 3.05) is 6.54 Å². The van der Waals surface area contributed by atoms with E-state index in [0.29, 0.717) is 6.54 Å². The van der Waals surface area contributed by atoms with Crippen molar-refractivity contribution in [1.82, 2.24) is 15.5 Å². The lowest BCUT2D eigenvalue weighted by molar-refractivity contribution is 0.141. The molecule has 2 aromatic carbocycles. The molecule has 0 atom stereocenters. The fraction of sp³-hybridized carbons (Fsp3) is 0.100. The molecule has 126 valence electrons. The summed E-state index contributed by atoms with van der Waals surface area (Å²) in [6, 6.07) is 19.5. The highest BCUT2D eigenvalue weighted by Gasteiger charge is 2.04. The van der Waals surface area contributed by atoms with Crippen LogP contribution in [0, 0.1) is 0 Å². The second kappa shape index (κ2) is 8.49. The van der Waals surface area contributed by atoms with Crippen molar-refractivity contribution in [3.05, 3.63) is 84.1 Å². The topological polar surface area (TPSA) is 67.0 Å². The lowest BCUT2D eigenvalue weighted by Crippen LogP contribution is -2.24. The molecule has 0 radical (unpaired) electrons. The highest BCUT2D eigenvalue weighted by atomic mass is 16.5. The molecule has 0 aliphatic heterocycles. The largest absolute Gasteiger partial charge is 0.445 e. The SMILES string of the molecule is O=C(NCC=Cc1cn[nH]c1-c1ccccc1)OCc1ccccc1. The molecule has 0 aliphatic rings. The molecular weight excluding hydrogens is 314 g/mol. The van der Waals surface area contributed by atoms with Gasteiger partial charge < -0.3 is 10.1 Å². The molecule has 0 fully saturated rings. The molecule has 1 heterocycles. The smallest absolute Gasteiger partial charge is 0.407 e. The Labute approximate surface area is 146 Å². The Hall–Kier alpha value is -3.34. The van der Waals surface area contributed by atoms with Gasteiger partial charge in [0.1, 0.15) is 6.61 Å². The number of H-pyrrole nitrogens is 1. The van der Waals surface area contributed by atoms with Crippen molar-refractivity contribution in [3.63, 3.8) is 0 Å². The third-order valence-electron chi connectivity index (χ3n) is 3.61. The van der Waals surface area contributed by atoms with Gasteiger partial charge in [0.05, 0.1) is 11.9 Å². The fourth-order valence-corrected chi connectivity index (χ4v) is 2.36. The zero-order valence-electron chi connectivity index (χ0n) is 13.7. The van der Waals surface area contributed by atoms with E-state index in [-0.39, 0.29) is 6.61 Å². The summed E-state index contributed by atoms with van der Waals surface area (Å²) in [7, 11) is 0. The number of rotatable bonds is 6. The van der Waals surface area contributed by atoms with Crippen LogP contribution in [0.2, 0.25) is 0 Å². The maximum absolute atomic E-state index is 11.7. The number of carbonyl (C=O) groups is 1. The van der Waals surface area contributed by atoms with Crippen molar-refractivity contribution in [2.45, 2.75) is 6.61 Å². The average Bonchev–Trinajstić information content (AvgIpc) is 3.14. The Kier molecular flexibility index (Phi) is 5.61. The Morgan fingerprint density at radius 3 is 2.56 bits per heavy atom. The van der Waals surface area contributed by atoms with Crippen LogP contribution in [0.4, 0.5) is 4.79 Å². The average molecular weight is 333 g/mol. The summed E-state index contributed by atoms with van der Waals surface area (Å²) < 4.78 is 5.16. The quantitative estimate of drug-likeness (QED) is 0.716. The molecule has 2 N–H and O–H groups in total. The molecule has 1 amide bonds. The van der Waals surface area contributed by atoms with Gasteiger partial charge in [0.2, 0.25) is 0 Å². The van der Waals surface area contributed by atoms with E-state index >= 15 is 0 Å².